The summed E-state index contributed by atoms with van der Waals surface area (Å²) < 4.78 is 47.2. The number of aliphatic carboxylic acids is 1. The summed E-state index contributed by atoms with van der Waals surface area (Å²) in [5.41, 5.74) is 1.47. The van der Waals surface area contributed by atoms with E-state index in [1.54, 1.807) is 30.3 Å². The van der Waals surface area contributed by atoms with E-state index in [0.29, 0.717) is 37.4 Å². The third-order valence-corrected chi connectivity index (χ3v) is 8.09. The van der Waals surface area contributed by atoms with Crippen LogP contribution in [0, 0.1) is 0 Å². The van der Waals surface area contributed by atoms with Crippen LogP contribution in [0.5, 0.6) is 5.75 Å². The molecule has 0 saturated carbocycles. The van der Waals surface area contributed by atoms with Crippen molar-refractivity contribution >= 4 is 23.5 Å². The van der Waals surface area contributed by atoms with Gasteiger partial charge in [-0.25, -0.2) is 0 Å². The molecule has 4 rings (SSSR count). The fraction of sp³-hybridized carbons (Fsp3) is 0.278. The van der Waals surface area contributed by atoms with Gasteiger partial charge < -0.3 is 20.5 Å². The Morgan fingerprint density at radius 2 is 1.48 bits per heavy atom. The fourth-order valence-corrected chi connectivity index (χ4v) is 5.70. The SMILES string of the molecule is O=C(O)CCNC(=O)Cc1cccc(OCCCNCC(Cc2cccc(C(F)(F)F)c2Cl)(c2ccccc2)c2ccccc2)c1. The summed E-state index contributed by atoms with van der Waals surface area (Å²) in [6.07, 6.45) is -3.72. The zero-order chi connectivity index (χ0) is 33.0. The van der Waals surface area contributed by atoms with E-state index in [9.17, 15) is 22.8 Å². The number of hydrogen-bond donors (Lipinski definition) is 3. The van der Waals surface area contributed by atoms with Gasteiger partial charge in [-0.1, -0.05) is 96.5 Å². The molecule has 6 nitrogen and oxygen atoms in total. The molecule has 46 heavy (non-hydrogen) atoms. The second kappa shape index (κ2) is 16.3. The van der Waals surface area contributed by atoms with Gasteiger partial charge >= 0.3 is 12.1 Å². The average molecular weight is 653 g/mol. The molecule has 0 spiro atoms. The average Bonchev–Trinajstić information content (AvgIpc) is 3.03. The highest BCUT2D eigenvalue weighted by atomic mass is 35.5. The molecule has 0 saturated heterocycles. The van der Waals surface area contributed by atoms with Crippen molar-refractivity contribution in [3.8, 4) is 5.75 Å². The van der Waals surface area contributed by atoms with Gasteiger partial charge in [0.1, 0.15) is 5.75 Å². The van der Waals surface area contributed by atoms with E-state index in [2.05, 4.69) is 10.6 Å². The minimum absolute atomic E-state index is 0.0696. The van der Waals surface area contributed by atoms with Gasteiger partial charge in [0.2, 0.25) is 5.91 Å². The lowest BCUT2D eigenvalue weighted by atomic mass is 9.70. The second-order valence-corrected chi connectivity index (χ2v) is 11.3. The standard InChI is InChI=1S/C36H36ClF3N2O4/c37-34-27(11-8-17-31(34)36(38,39)40)24-35(28-12-3-1-4-13-28,29-14-5-2-6-15-29)25-41-19-9-21-46-30-16-7-10-26(22-30)23-32(43)42-20-18-33(44)45/h1-8,10-17,22,41H,9,18-21,23-25H2,(H,42,43)(H,44,45). The van der Waals surface area contributed by atoms with Gasteiger partial charge in [-0.3, -0.25) is 9.59 Å². The summed E-state index contributed by atoms with van der Waals surface area (Å²) in [5, 5.41) is 14.5. The maximum atomic E-state index is 13.8. The largest absolute Gasteiger partial charge is 0.494 e. The van der Waals surface area contributed by atoms with Gasteiger partial charge in [-0.05, 0) is 59.8 Å². The number of nitrogens with one attached hydrogen (secondary N) is 2. The molecule has 0 unspecified atom stereocenters. The van der Waals surface area contributed by atoms with Crippen molar-refractivity contribution in [3.05, 3.63) is 136 Å². The fourth-order valence-electron chi connectivity index (χ4n) is 5.40. The first kappa shape index (κ1) is 34.5. The minimum atomic E-state index is -4.57. The number of amides is 1. The summed E-state index contributed by atoms with van der Waals surface area (Å²) in [4.78, 5) is 22.8. The van der Waals surface area contributed by atoms with Crippen LogP contribution in [0.25, 0.3) is 0 Å². The summed E-state index contributed by atoms with van der Waals surface area (Å²) in [5.74, 6) is -0.636. The Hall–Kier alpha value is -4.34. The molecule has 0 atom stereocenters. The van der Waals surface area contributed by atoms with Crippen molar-refractivity contribution in [1.29, 1.82) is 0 Å². The van der Waals surface area contributed by atoms with Crippen LogP contribution in [0.3, 0.4) is 0 Å². The number of carbonyl (C=O) groups excluding carboxylic acids is 1. The minimum Gasteiger partial charge on any atom is -0.494 e. The maximum Gasteiger partial charge on any atom is 0.417 e. The van der Waals surface area contributed by atoms with Crippen molar-refractivity contribution in [2.24, 2.45) is 0 Å². The van der Waals surface area contributed by atoms with Crippen LogP contribution in [0.2, 0.25) is 5.02 Å². The normalized spacial score (nSPS) is 11.7. The summed E-state index contributed by atoms with van der Waals surface area (Å²) in [6.45, 7) is 1.47. The third-order valence-electron chi connectivity index (χ3n) is 7.65. The van der Waals surface area contributed by atoms with Crippen molar-refractivity contribution in [3.63, 3.8) is 0 Å². The number of hydrogen-bond acceptors (Lipinski definition) is 4. The first-order valence-electron chi connectivity index (χ1n) is 14.9. The van der Waals surface area contributed by atoms with Gasteiger partial charge in [0, 0.05) is 18.5 Å². The van der Waals surface area contributed by atoms with E-state index >= 15 is 0 Å². The van der Waals surface area contributed by atoms with Crippen molar-refractivity contribution < 1.29 is 32.6 Å². The molecule has 242 valence electrons. The zero-order valence-electron chi connectivity index (χ0n) is 25.2. The highest BCUT2D eigenvalue weighted by Crippen LogP contribution is 2.41. The van der Waals surface area contributed by atoms with Crippen LogP contribution in [0.1, 0.15) is 40.7 Å². The molecule has 4 aromatic rings. The molecule has 1 amide bonds. The molecule has 0 heterocycles. The maximum absolute atomic E-state index is 13.8. The lowest BCUT2D eigenvalue weighted by molar-refractivity contribution is -0.138. The van der Waals surface area contributed by atoms with Crippen LogP contribution in [-0.2, 0) is 34.0 Å². The molecule has 0 fully saturated rings. The van der Waals surface area contributed by atoms with Crippen molar-refractivity contribution in [2.75, 3.05) is 26.2 Å². The highest BCUT2D eigenvalue weighted by Gasteiger charge is 2.38. The predicted octanol–water partition coefficient (Wildman–Crippen LogP) is 7.08. The number of halogens is 4. The first-order valence-corrected chi connectivity index (χ1v) is 15.3. The lowest BCUT2D eigenvalue weighted by Gasteiger charge is -2.36. The Morgan fingerprint density at radius 3 is 2.11 bits per heavy atom. The molecule has 0 aliphatic rings. The Kier molecular flexibility index (Phi) is 12.2. The van der Waals surface area contributed by atoms with Crippen molar-refractivity contribution in [2.45, 2.75) is 37.3 Å². The van der Waals surface area contributed by atoms with Crippen LogP contribution in [-0.4, -0.2) is 43.2 Å². The van der Waals surface area contributed by atoms with Crippen molar-refractivity contribution in [1.82, 2.24) is 10.6 Å². The van der Waals surface area contributed by atoms with Crippen LogP contribution >= 0.6 is 11.6 Å². The molecular formula is C36H36ClF3N2O4. The number of carbonyl (C=O) groups is 2. The lowest BCUT2D eigenvalue weighted by Crippen LogP contribution is -2.42. The Labute approximate surface area is 271 Å². The molecule has 0 aliphatic heterocycles. The van der Waals surface area contributed by atoms with E-state index in [4.69, 9.17) is 21.4 Å². The summed E-state index contributed by atoms with van der Waals surface area (Å²) >= 11 is 6.41. The molecular weight excluding hydrogens is 617 g/mol. The quantitative estimate of drug-likeness (QED) is 0.113. The van der Waals surface area contributed by atoms with Gasteiger partial charge in [-0.2, -0.15) is 13.2 Å². The molecule has 0 aromatic heterocycles. The zero-order valence-corrected chi connectivity index (χ0v) is 25.9. The first-order chi connectivity index (χ1) is 22.1. The summed E-state index contributed by atoms with van der Waals surface area (Å²) in [7, 11) is 0. The number of carboxylic acid groups (broad SMARTS) is 1. The molecule has 3 N–H and O–H groups in total. The van der Waals surface area contributed by atoms with Crippen LogP contribution in [0.15, 0.2) is 103 Å². The predicted molar refractivity (Wildman–Crippen MR) is 172 cm³/mol. The number of carboxylic acids is 1. The van der Waals surface area contributed by atoms with E-state index in [1.165, 1.54) is 6.07 Å². The summed E-state index contributed by atoms with van der Waals surface area (Å²) in [6, 6.07) is 30.6. The molecule has 10 heteroatoms. The number of benzene rings is 4. The molecule has 0 aliphatic carbocycles. The third kappa shape index (κ3) is 9.58. The van der Waals surface area contributed by atoms with E-state index < -0.39 is 23.1 Å². The number of ether oxygens (including phenoxy) is 1. The molecule has 4 aromatic carbocycles. The highest BCUT2D eigenvalue weighted by molar-refractivity contribution is 6.32. The van der Waals surface area contributed by atoms with E-state index in [0.717, 1.165) is 22.8 Å². The smallest absolute Gasteiger partial charge is 0.417 e. The van der Waals surface area contributed by atoms with Gasteiger partial charge in [0.25, 0.3) is 0 Å². The van der Waals surface area contributed by atoms with E-state index in [-0.39, 0.29) is 36.7 Å². The topological polar surface area (TPSA) is 87.7 Å². The Morgan fingerprint density at radius 1 is 0.826 bits per heavy atom. The Balaban J connectivity index is 1.44. The Bertz CT molecular complexity index is 1540. The number of alkyl halides is 3. The van der Waals surface area contributed by atoms with Gasteiger partial charge in [-0.15, -0.1) is 0 Å². The van der Waals surface area contributed by atoms with Gasteiger partial charge in [0.05, 0.1) is 30.0 Å². The van der Waals surface area contributed by atoms with E-state index in [1.807, 2.05) is 60.7 Å². The molecule has 0 radical (unpaired) electrons. The van der Waals surface area contributed by atoms with Crippen LogP contribution < -0.4 is 15.4 Å². The van der Waals surface area contributed by atoms with Crippen LogP contribution in [0.4, 0.5) is 13.2 Å². The monoisotopic (exact) mass is 652 g/mol. The molecule has 0 bridgehead atoms. The number of rotatable bonds is 16. The van der Waals surface area contributed by atoms with Gasteiger partial charge in [0.15, 0.2) is 0 Å². The second-order valence-electron chi connectivity index (χ2n) is 11.0.